The van der Waals surface area contributed by atoms with Crippen molar-refractivity contribution in [2.24, 2.45) is 0 Å². The normalized spacial score (nSPS) is 18.0. The van der Waals surface area contributed by atoms with Gasteiger partial charge in [-0.15, -0.1) is 0 Å². The van der Waals surface area contributed by atoms with Crippen molar-refractivity contribution in [1.82, 2.24) is 4.98 Å². The lowest BCUT2D eigenvalue weighted by Crippen LogP contribution is -2.18. The molecule has 1 aliphatic rings. The first kappa shape index (κ1) is 15.2. The van der Waals surface area contributed by atoms with Crippen LogP contribution >= 0.6 is 0 Å². The highest BCUT2D eigenvalue weighted by Crippen LogP contribution is 2.24. The second-order valence-corrected chi connectivity index (χ2v) is 5.58. The molecule has 1 aromatic heterocycles. The van der Waals surface area contributed by atoms with E-state index in [4.69, 9.17) is 9.47 Å². The van der Waals surface area contributed by atoms with Crippen LogP contribution in [0, 0.1) is 12.7 Å². The zero-order valence-corrected chi connectivity index (χ0v) is 12.8. The molecule has 1 unspecified atom stereocenters. The number of benzene rings is 1. The number of fused-ring (bicyclic) bond motifs is 1. The summed E-state index contributed by atoms with van der Waals surface area (Å²) in [5, 5.41) is 4.10. The van der Waals surface area contributed by atoms with Crippen molar-refractivity contribution in [3.8, 4) is 0 Å². The van der Waals surface area contributed by atoms with Crippen molar-refractivity contribution in [3.63, 3.8) is 0 Å². The zero-order valence-electron chi connectivity index (χ0n) is 12.8. The molecule has 1 atom stereocenters. The van der Waals surface area contributed by atoms with Gasteiger partial charge in [0.25, 0.3) is 0 Å². The van der Waals surface area contributed by atoms with Gasteiger partial charge < -0.3 is 14.8 Å². The minimum absolute atomic E-state index is 0.248. The highest BCUT2D eigenvalue weighted by atomic mass is 19.1. The van der Waals surface area contributed by atoms with Gasteiger partial charge in [-0.3, -0.25) is 0 Å². The largest absolute Gasteiger partial charge is 0.382 e. The van der Waals surface area contributed by atoms with Gasteiger partial charge in [-0.2, -0.15) is 0 Å². The quantitative estimate of drug-likeness (QED) is 0.832. The van der Waals surface area contributed by atoms with Crippen molar-refractivity contribution in [2.45, 2.75) is 25.9 Å². The lowest BCUT2D eigenvalue weighted by molar-refractivity contribution is 0.0206. The summed E-state index contributed by atoms with van der Waals surface area (Å²) in [4.78, 5) is 4.27. The van der Waals surface area contributed by atoms with E-state index in [2.05, 4.69) is 10.3 Å². The fraction of sp³-hybridized carbons (Fsp3) is 0.471. The van der Waals surface area contributed by atoms with Gasteiger partial charge in [-0.05, 0) is 31.9 Å². The average Bonchev–Trinajstić information content (AvgIpc) is 3.01. The van der Waals surface area contributed by atoms with Gasteiger partial charge in [0.05, 0.1) is 19.3 Å². The zero-order chi connectivity index (χ0) is 15.4. The van der Waals surface area contributed by atoms with Gasteiger partial charge in [-0.1, -0.05) is 12.1 Å². The predicted molar refractivity (Wildman–Crippen MR) is 84.7 cm³/mol. The Kier molecular flexibility index (Phi) is 4.85. The molecule has 1 aliphatic heterocycles. The van der Waals surface area contributed by atoms with Crippen LogP contribution in [-0.2, 0) is 9.47 Å². The molecule has 2 heterocycles. The Morgan fingerprint density at radius 2 is 2.36 bits per heavy atom. The lowest BCUT2D eigenvalue weighted by Gasteiger charge is -2.13. The van der Waals surface area contributed by atoms with Crippen LogP contribution in [0.25, 0.3) is 10.9 Å². The maximum absolute atomic E-state index is 13.8. The van der Waals surface area contributed by atoms with Gasteiger partial charge in [0.15, 0.2) is 0 Å². The molecule has 4 nitrogen and oxygen atoms in total. The molecule has 1 fully saturated rings. The van der Waals surface area contributed by atoms with Crippen LogP contribution < -0.4 is 5.32 Å². The Morgan fingerprint density at radius 1 is 1.45 bits per heavy atom. The summed E-state index contributed by atoms with van der Waals surface area (Å²) in [5.74, 6) is -0.293. The molecular formula is C17H21FN2O2. The van der Waals surface area contributed by atoms with E-state index >= 15 is 0 Å². The summed E-state index contributed by atoms with van der Waals surface area (Å²) in [5.41, 5.74) is 2.09. The molecule has 0 spiro atoms. The molecule has 0 bridgehead atoms. The molecule has 0 saturated carbocycles. The molecule has 1 saturated heterocycles. The van der Waals surface area contributed by atoms with E-state index in [1.165, 1.54) is 6.07 Å². The predicted octanol–water partition coefficient (Wildman–Crippen LogP) is 3.29. The molecule has 0 amide bonds. The van der Waals surface area contributed by atoms with Gasteiger partial charge in [0, 0.05) is 29.9 Å². The third kappa shape index (κ3) is 3.54. The fourth-order valence-electron chi connectivity index (χ4n) is 2.74. The summed E-state index contributed by atoms with van der Waals surface area (Å²) < 4.78 is 25.0. The molecule has 5 heteroatoms. The van der Waals surface area contributed by atoms with E-state index < -0.39 is 0 Å². The second kappa shape index (κ2) is 7.03. The number of para-hydroxylation sites is 1. The third-order valence-corrected chi connectivity index (χ3v) is 3.81. The van der Waals surface area contributed by atoms with E-state index in [1.807, 2.05) is 19.1 Å². The first-order chi connectivity index (χ1) is 10.7. The van der Waals surface area contributed by atoms with Crippen LogP contribution in [0.5, 0.6) is 0 Å². The molecule has 0 aliphatic carbocycles. The fourth-order valence-corrected chi connectivity index (χ4v) is 2.74. The summed E-state index contributed by atoms with van der Waals surface area (Å²) in [6.45, 7) is 4.62. The van der Waals surface area contributed by atoms with Crippen LogP contribution in [0.2, 0.25) is 0 Å². The second-order valence-electron chi connectivity index (χ2n) is 5.58. The van der Waals surface area contributed by atoms with Crippen LogP contribution in [0.15, 0.2) is 24.3 Å². The maximum atomic E-state index is 13.8. The average molecular weight is 304 g/mol. The Labute approximate surface area is 129 Å². The molecular weight excluding hydrogens is 283 g/mol. The molecule has 3 rings (SSSR count). The molecule has 1 N–H and O–H groups in total. The smallest absolute Gasteiger partial charge is 0.149 e. The van der Waals surface area contributed by atoms with E-state index in [0.717, 1.165) is 36.2 Å². The number of pyridine rings is 1. The number of halogens is 1. The summed E-state index contributed by atoms with van der Waals surface area (Å²) in [7, 11) is 0. The highest BCUT2D eigenvalue weighted by Gasteiger charge is 2.15. The van der Waals surface area contributed by atoms with E-state index in [-0.39, 0.29) is 11.9 Å². The van der Waals surface area contributed by atoms with Crippen LogP contribution in [-0.4, -0.2) is 37.5 Å². The number of nitrogens with zero attached hydrogens (tertiary/aromatic N) is 1. The van der Waals surface area contributed by atoms with E-state index in [9.17, 15) is 4.39 Å². The summed E-state index contributed by atoms with van der Waals surface area (Å²) >= 11 is 0. The third-order valence-electron chi connectivity index (χ3n) is 3.81. The summed E-state index contributed by atoms with van der Waals surface area (Å²) in [6, 6.07) is 6.94. The minimum atomic E-state index is -0.293. The van der Waals surface area contributed by atoms with Gasteiger partial charge in [0.2, 0.25) is 0 Å². The Balaban J connectivity index is 1.58. The SMILES string of the molecule is Cc1cc(NCCOCC2CCCO2)c2cccc(F)c2n1. The summed E-state index contributed by atoms with van der Waals surface area (Å²) in [6.07, 6.45) is 2.46. The number of hydrogen-bond donors (Lipinski definition) is 1. The molecule has 0 radical (unpaired) electrons. The van der Waals surface area contributed by atoms with Gasteiger partial charge in [-0.25, -0.2) is 9.37 Å². The molecule has 1 aromatic carbocycles. The first-order valence-electron chi connectivity index (χ1n) is 7.73. The van der Waals surface area contributed by atoms with Crippen LogP contribution in [0.4, 0.5) is 10.1 Å². The Morgan fingerprint density at radius 3 is 3.18 bits per heavy atom. The lowest BCUT2D eigenvalue weighted by atomic mass is 10.1. The number of aromatic nitrogens is 1. The molecule has 22 heavy (non-hydrogen) atoms. The first-order valence-corrected chi connectivity index (χ1v) is 7.73. The van der Waals surface area contributed by atoms with Gasteiger partial charge >= 0.3 is 0 Å². The maximum Gasteiger partial charge on any atom is 0.149 e. The Bertz CT molecular complexity index is 642. The number of ether oxygens (including phenoxy) is 2. The monoisotopic (exact) mass is 304 g/mol. The van der Waals surface area contributed by atoms with Crippen molar-refractivity contribution in [2.75, 3.05) is 31.7 Å². The Hall–Kier alpha value is -1.72. The number of rotatable bonds is 6. The van der Waals surface area contributed by atoms with Gasteiger partial charge in [0.1, 0.15) is 11.3 Å². The van der Waals surface area contributed by atoms with Crippen LogP contribution in [0.1, 0.15) is 18.5 Å². The molecule has 2 aromatic rings. The number of hydrogen-bond acceptors (Lipinski definition) is 4. The van der Waals surface area contributed by atoms with Crippen molar-refractivity contribution >= 4 is 16.6 Å². The number of nitrogens with one attached hydrogen (secondary N) is 1. The van der Waals surface area contributed by atoms with Crippen LogP contribution in [0.3, 0.4) is 0 Å². The topological polar surface area (TPSA) is 43.4 Å². The van der Waals surface area contributed by atoms with E-state index in [1.54, 1.807) is 6.07 Å². The standard InChI is InChI=1S/C17H21FN2O2/c1-12-10-16(14-5-2-6-15(18)17(14)20-12)19-7-9-21-11-13-4-3-8-22-13/h2,5-6,10,13H,3-4,7-9,11H2,1H3,(H,19,20). The van der Waals surface area contributed by atoms with Crippen molar-refractivity contribution in [3.05, 3.63) is 35.8 Å². The van der Waals surface area contributed by atoms with Crippen molar-refractivity contribution < 1.29 is 13.9 Å². The number of anilines is 1. The highest BCUT2D eigenvalue weighted by molar-refractivity contribution is 5.91. The molecule has 118 valence electrons. The van der Waals surface area contributed by atoms with Crippen molar-refractivity contribution in [1.29, 1.82) is 0 Å². The number of aryl methyl sites for hydroxylation is 1. The minimum Gasteiger partial charge on any atom is -0.382 e. The van der Waals surface area contributed by atoms with E-state index in [0.29, 0.717) is 25.3 Å².